The molecule has 4 N–H and O–H groups in total. The fourth-order valence-electron chi connectivity index (χ4n) is 5.24. The van der Waals surface area contributed by atoms with E-state index in [1.54, 1.807) is 67.7 Å². The monoisotopic (exact) mass is 651 g/mol. The number of carbonyl (C=O) groups is 4. The molecule has 13 nitrogen and oxygen atoms in total. The van der Waals surface area contributed by atoms with E-state index in [1.165, 1.54) is 11.3 Å². The molecule has 0 spiro atoms. The highest BCUT2D eigenvalue weighted by Crippen LogP contribution is 2.33. The van der Waals surface area contributed by atoms with E-state index < -0.39 is 0 Å². The molecule has 47 heavy (non-hydrogen) atoms. The third-order valence-corrected chi connectivity index (χ3v) is 8.82. The molecule has 0 radical (unpaired) electrons. The van der Waals surface area contributed by atoms with Gasteiger partial charge in [0.05, 0.1) is 44.6 Å². The summed E-state index contributed by atoms with van der Waals surface area (Å²) in [4.78, 5) is 59.3. The van der Waals surface area contributed by atoms with Gasteiger partial charge in [0.15, 0.2) is 0 Å². The number of aromatic nitrogens is 5. The molecule has 0 saturated carbocycles. The van der Waals surface area contributed by atoms with Crippen LogP contribution in [-0.4, -0.2) is 60.9 Å². The van der Waals surface area contributed by atoms with Crippen LogP contribution in [0.4, 0.5) is 11.4 Å². The predicted octanol–water partition coefficient (Wildman–Crippen LogP) is 4.29. The molecule has 4 heterocycles. The van der Waals surface area contributed by atoms with Gasteiger partial charge in [0, 0.05) is 64.7 Å². The van der Waals surface area contributed by atoms with Gasteiger partial charge >= 0.3 is 0 Å². The van der Waals surface area contributed by atoms with Crippen LogP contribution in [0, 0.1) is 0 Å². The minimum absolute atomic E-state index is 0.0648. The number of thiazole rings is 1. The molecule has 0 saturated heterocycles. The van der Waals surface area contributed by atoms with Crippen molar-refractivity contribution in [3.8, 4) is 10.7 Å². The van der Waals surface area contributed by atoms with Gasteiger partial charge in [-0.2, -0.15) is 0 Å². The molecule has 6 aromatic rings. The zero-order valence-electron chi connectivity index (χ0n) is 26.2. The second-order valence-corrected chi connectivity index (χ2v) is 12.2. The Hall–Kier alpha value is -5.76. The van der Waals surface area contributed by atoms with Gasteiger partial charge in [-0.15, -0.1) is 11.3 Å². The molecule has 4 amide bonds. The number of hydrogen-bond acceptors (Lipinski definition) is 7. The number of hydrogen-bond donors (Lipinski definition) is 4. The van der Waals surface area contributed by atoms with Crippen LogP contribution in [-0.2, 0) is 25.9 Å². The van der Waals surface area contributed by atoms with Crippen molar-refractivity contribution >= 4 is 67.6 Å². The molecule has 0 fully saturated rings. The topological polar surface area (TPSA) is 157 Å². The Bertz CT molecular complexity index is 2170. The molecule has 0 atom stereocenters. The van der Waals surface area contributed by atoms with Gasteiger partial charge in [0.2, 0.25) is 5.91 Å². The van der Waals surface area contributed by atoms with Crippen LogP contribution in [0.1, 0.15) is 44.0 Å². The van der Waals surface area contributed by atoms with Gasteiger partial charge in [0.1, 0.15) is 10.7 Å². The average molecular weight is 652 g/mol. The van der Waals surface area contributed by atoms with E-state index in [-0.39, 0.29) is 23.6 Å². The van der Waals surface area contributed by atoms with Gasteiger partial charge in [-0.3, -0.25) is 19.2 Å². The maximum absolute atomic E-state index is 13.3. The van der Waals surface area contributed by atoms with Crippen LogP contribution in [0.15, 0.2) is 67.3 Å². The fourth-order valence-corrected chi connectivity index (χ4v) is 6.24. The normalized spacial score (nSPS) is 11.1. The van der Waals surface area contributed by atoms with Crippen molar-refractivity contribution in [2.45, 2.75) is 12.8 Å². The number of aryl methyl sites for hydroxylation is 3. The number of anilines is 2. The lowest BCUT2D eigenvalue weighted by molar-refractivity contribution is -0.120. The van der Waals surface area contributed by atoms with Gasteiger partial charge < -0.3 is 35.0 Å². The Morgan fingerprint density at radius 2 is 1.49 bits per heavy atom. The van der Waals surface area contributed by atoms with Gasteiger partial charge in [0.25, 0.3) is 17.7 Å². The first-order chi connectivity index (χ1) is 22.6. The van der Waals surface area contributed by atoms with E-state index in [4.69, 9.17) is 4.98 Å². The largest absolute Gasteiger partial charge is 0.359 e. The van der Waals surface area contributed by atoms with E-state index >= 15 is 0 Å². The van der Waals surface area contributed by atoms with Crippen LogP contribution in [0.2, 0.25) is 0 Å². The second kappa shape index (κ2) is 12.9. The predicted molar refractivity (Wildman–Crippen MR) is 182 cm³/mol. The molecule has 14 heteroatoms. The zero-order chi connectivity index (χ0) is 33.2. The summed E-state index contributed by atoms with van der Waals surface area (Å²) in [6, 6.07) is 14.2. The van der Waals surface area contributed by atoms with Crippen LogP contribution in [0.25, 0.3) is 32.0 Å². The smallest absolute Gasteiger partial charge is 0.272 e. The molecule has 2 aromatic carbocycles. The first-order valence-electron chi connectivity index (χ1n) is 14.9. The lowest BCUT2D eigenvalue weighted by Crippen LogP contribution is -2.26. The third-order valence-electron chi connectivity index (χ3n) is 7.76. The van der Waals surface area contributed by atoms with Crippen molar-refractivity contribution < 1.29 is 19.2 Å². The van der Waals surface area contributed by atoms with Crippen molar-refractivity contribution in [3.63, 3.8) is 0 Å². The molecule has 240 valence electrons. The minimum atomic E-state index is -0.338. The van der Waals surface area contributed by atoms with Gasteiger partial charge in [-0.05, 0) is 55.0 Å². The van der Waals surface area contributed by atoms with E-state index in [9.17, 15) is 19.2 Å². The van der Waals surface area contributed by atoms with E-state index in [0.29, 0.717) is 53.1 Å². The molecule has 0 bridgehead atoms. The van der Waals surface area contributed by atoms with Crippen LogP contribution < -0.4 is 21.3 Å². The van der Waals surface area contributed by atoms with Crippen molar-refractivity contribution in [3.05, 3.63) is 84.1 Å². The summed E-state index contributed by atoms with van der Waals surface area (Å²) < 4.78 is 6.33. The first-order valence-corrected chi connectivity index (χ1v) is 15.7. The number of carbonyl (C=O) groups excluding carboxylic acids is 4. The number of rotatable bonds is 10. The van der Waals surface area contributed by atoms with Gasteiger partial charge in [-0.1, -0.05) is 0 Å². The summed E-state index contributed by atoms with van der Waals surface area (Å²) >= 11 is 1.48. The lowest BCUT2D eigenvalue weighted by Gasteiger charge is -2.05. The Labute approximate surface area is 273 Å². The van der Waals surface area contributed by atoms with Gasteiger partial charge in [-0.25, -0.2) is 9.97 Å². The number of benzene rings is 2. The highest BCUT2D eigenvalue weighted by atomic mass is 32.1. The van der Waals surface area contributed by atoms with Crippen LogP contribution >= 0.6 is 11.3 Å². The summed E-state index contributed by atoms with van der Waals surface area (Å²) in [5.74, 6) is -0.929. The van der Waals surface area contributed by atoms with Crippen molar-refractivity contribution in [1.82, 2.24) is 34.3 Å². The van der Waals surface area contributed by atoms with E-state index in [0.717, 1.165) is 26.4 Å². The summed E-state index contributed by atoms with van der Waals surface area (Å²) in [6.07, 6.45) is 6.08. The molecule has 0 aliphatic rings. The second-order valence-electron chi connectivity index (χ2n) is 11.2. The Morgan fingerprint density at radius 1 is 0.787 bits per heavy atom. The number of amides is 4. The maximum atomic E-state index is 13.3. The standard InChI is InChI=1S/C33H33N9O4S/c1-34-29(43)6-5-11-35-30(44)19-8-10-28-24(13-19)39-33(47-28)27-15-22(17-41(27)3)38-32(46)26-14-21(16-40(26)2)37-31(45)20-7-9-25-23(12-20)36-18-42(25)4/h7-10,12-18H,5-6,11H2,1-4H3,(H,34,43)(H,35,44)(H,37,45)(H,38,46). The fraction of sp³-hybridized carbons (Fsp3) is 0.212. The van der Waals surface area contributed by atoms with E-state index in [2.05, 4.69) is 26.3 Å². The summed E-state index contributed by atoms with van der Waals surface area (Å²) in [6.45, 7) is 0.395. The van der Waals surface area contributed by atoms with Crippen molar-refractivity contribution in [2.75, 3.05) is 24.2 Å². The van der Waals surface area contributed by atoms with Crippen LogP contribution in [0.3, 0.4) is 0 Å². The molecule has 6 rings (SSSR count). The zero-order valence-corrected chi connectivity index (χ0v) is 27.1. The van der Waals surface area contributed by atoms with Crippen LogP contribution in [0.5, 0.6) is 0 Å². The lowest BCUT2D eigenvalue weighted by atomic mass is 10.2. The Kier molecular flexibility index (Phi) is 8.59. The number of imidazole rings is 1. The quantitative estimate of drug-likeness (QED) is 0.162. The Morgan fingerprint density at radius 3 is 2.30 bits per heavy atom. The summed E-state index contributed by atoms with van der Waals surface area (Å²) in [5, 5.41) is 11.9. The number of fused-ring (bicyclic) bond motifs is 2. The molecular weight excluding hydrogens is 618 g/mol. The molecule has 0 aliphatic carbocycles. The summed E-state index contributed by atoms with van der Waals surface area (Å²) in [5.41, 5.74) is 5.52. The summed E-state index contributed by atoms with van der Waals surface area (Å²) in [7, 11) is 7.08. The molecular formula is C33H33N9O4S. The van der Waals surface area contributed by atoms with Crippen molar-refractivity contribution in [1.29, 1.82) is 0 Å². The molecule has 0 unspecified atom stereocenters. The molecule has 0 aliphatic heterocycles. The molecule has 4 aromatic heterocycles. The van der Waals surface area contributed by atoms with Crippen molar-refractivity contribution in [2.24, 2.45) is 21.1 Å². The number of nitrogens with one attached hydrogen (secondary N) is 4. The maximum Gasteiger partial charge on any atom is 0.272 e. The third kappa shape index (κ3) is 6.63. The average Bonchev–Trinajstić information content (AvgIpc) is 3.83. The minimum Gasteiger partial charge on any atom is -0.359 e. The number of nitrogens with zero attached hydrogens (tertiary/aromatic N) is 5. The first kappa shape index (κ1) is 31.2. The Balaban J connectivity index is 1.11. The van der Waals surface area contributed by atoms with E-state index in [1.807, 2.05) is 41.4 Å². The highest BCUT2D eigenvalue weighted by molar-refractivity contribution is 7.21. The SMILES string of the molecule is CNC(=O)CCCNC(=O)c1ccc2sc(-c3cc(NC(=O)c4cc(NC(=O)c5ccc6c(c5)ncn6C)cn4C)cn3C)nc2c1. The highest BCUT2D eigenvalue weighted by Gasteiger charge is 2.18.